The summed E-state index contributed by atoms with van der Waals surface area (Å²) in [5, 5.41) is 2.94. The van der Waals surface area contributed by atoms with Gasteiger partial charge in [-0.25, -0.2) is 8.42 Å². The van der Waals surface area contributed by atoms with Crippen LogP contribution in [0.15, 0.2) is 53.0 Å². The van der Waals surface area contributed by atoms with Gasteiger partial charge in [-0.3, -0.25) is 9.52 Å². The van der Waals surface area contributed by atoms with Crippen LogP contribution in [0.25, 0.3) is 0 Å². The molecule has 0 saturated heterocycles. The average Bonchev–Trinajstić information content (AvgIpc) is 2.53. The lowest BCUT2D eigenvalue weighted by Gasteiger charge is -2.14. The van der Waals surface area contributed by atoms with Crippen LogP contribution in [0.2, 0.25) is 0 Å². The third-order valence-electron chi connectivity index (χ3n) is 3.58. The van der Waals surface area contributed by atoms with Crippen molar-refractivity contribution in [3.05, 3.63) is 64.1 Å². The summed E-state index contributed by atoms with van der Waals surface area (Å²) in [5.74, 6) is -0.222. The highest BCUT2D eigenvalue weighted by Gasteiger charge is 2.11. The maximum absolute atomic E-state index is 12.3. The van der Waals surface area contributed by atoms with Gasteiger partial charge in [-0.2, -0.15) is 0 Å². The van der Waals surface area contributed by atoms with E-state index in [-0.39, 0.29) is 11.9 Å². The molecule has 0 radical (unpaired) electrons. The largest absolute Gasteiger partial charge is 0.350 e. The van der Waals surface area contributed by atoms with Gasteiger partial charge < -0.3 is 5.32 Å². The van der Waals surface area contributed by atoms with E-state index in [4.69, 9.17) is 0 Å². The van der Waals surface area contributed by atoms with Crippen molar-refractivity contribution in [2.45, 2.75) is 25.8 Å². The van der Waals surface area contributed by atoms with Crippen molar-refractivity contribution < 1.29 is 13.2 Å². The van der Waals surface area contributed by atoms with Gasteiger partial charge in [0, 0.05) is 21.8 Å². The molecule has 0 saturated carbocycles. The number of halogens is 1. The highest BCUT2D eigenvalue weighted by atomic mass is 79.9. The van der Waals surface area contributed by atoms with Crippen LogP contribution in [0, 0.1) is 0 Å². The molecule has 5 nitrogen and oxygen atoms in total. The summed E-state index contributed by atoms with van der Waals surface area (Å²) in [6.45, 7) is 1.95. The zero-order valence-electron chi connectivity index (χ0n) is 14.1. The second kappa shape index (κ2) is 8.49. The Balaban J connectivity index is 1.92. The first-order valence-corrected chi connectivity index (χ1v) is 10.5. The van der Waals surface area contributed by atoms with Crippen LogP contribution in [0.5, 0.6) is 0 Å². The molecule has 0 spiro atoms. The molecule has 0 aliphatic carbocycles. The van der Waals surface area contributed by atoms with Crippen LogP contribution < -0.4 is 10.0 Å². The predicted octanol–water partition coefficient (Wildman–Crippen LogP) is 3.57. The Labute approximate surface area is 157 Å². The highest BCUT2D eigenvalue weighted by molar-refractivity contribution is 9.10. The quantitative estimate of drug-likeness (QED) is 0.712. The van der Waals surface area contributed by atoms with Gasteiger partial charge >= 0.3 is 0 Å². The molecule has 0 heterocycles. The molecule has 0 aliphatic heterocycles. The number of carbonyl (C=O) groups excluding carboxylic acids is 1. The molecule has 2 rings (SSSR count). The summed E-state index contributed by atoms with van der Waals surface area (Å²) in [6, 6.07) is 14.5. The molecule has 2 aromatic carbocycles. The number of rotatable bonds is 7. The fraction of sp³-hybridized carbons (Fsp3) is 0.278. The third-order valence-corrected chi connectivity index (χ3v) is 4.72. The number of hydrogen-bond donors (Lipinski definition) is 2. The molecule has 0 bridgehead atoms. The van der Waals surface area contributed by atoms with E-state index < -0.39 is 10.0 Å². The lowest BCUT2D eigenvalue weighted by molar-refractivity contribution is 0.0938. The molecule has 2 aromatic rings. The minimum absolute atomic E-state index is 0.00247. The van der Waals surface area contributed by atoms with E-state index in [9.17, 15) is 13.2 Å². The molecule has 0 fully saturated rings. The zero-order chi connectivity index (χ0) is 18.4. The third kappa shape index (κ3) is 6.88. The average molecular weight is 425 g/mol. The monoisotopic (exact) mass is 424 g/mol. The Morgan fingerprint density at radius 3 is 2.48 bits per heavy atom. The minimum Gasteiger partial charge on any atom is -0.350 e. The van der Waals surface area contributed by atoms with Gasteiger partial charge in [0.05, 0.1) is 6.26 Å². The van der Waals surface area contributed by atoms with Crippen molar-refractivity contribution in [2.24, 2.45) is 0 Å². The van der Waals surface area contributed by atoms with E-state index in [1.807, 2.05) is 19.1 Å². The first-order chi connectivity index (χ1) is 11.7. The summed E-state index contributed by atoms with van der Waals surface area (Å²) in [5.41, 5.74) is 2.01. The van der Waals surface area contributed by atoms with E-state index in [0.717, 1.165) is 23.6 Å². The SMILES string of the molecule is CC(CCc1ccc(Br)cc1)NC(=O)c1cccc(NS(C)(=O)=O)c1. The van der Waals surface area contributed by atoms with Gasteiger partial charge in [0.25, 0.3) is 5.91 Å². The van der Waals surface area contributed by atoms with Crippen molar-refractivity contribution in [1.82, 2.24) is 5.32 Å². The number of nitrogens with one attached hydrogen (secondary N) is 2. The molecule has 0 aliphatic rings. The lowest BCUT2D eigenvalue weighted by Crippen LogP contribution is -2.32. The van der Waals surface area contributed by atoms with Gasteiger partial charge in [-0.1, -0.05) is 34.1 Å². The first-order valence-electron chi connectivity index (χ1n) is 7.86. The molecule has 1 unspecified atom stereocenters. The summed E-state index contributed by atoms with van der Waals surface area (Å²) in [6.07, 6.45) is 2.75. The number of hydrogen-bond acceptors (Lipinski definition) is 3. The maximum atomic E-state index is 12.3. The normalized spacial score (nSPS) is 12.4. The Kier molecular flexibility index (Phi) is 6.61. The molecular formula is C18H21BrN2O3S. The number of carbonyl (C=O) groups is 1. The Hall–Kier alpha value is -1.86. The molecule has 0 aromatic heterocycles. The van der Waals surface area contributed by atoms with Crippen molar-refractivity contribution in [1.29, 1.82) is 0 Å². The van der Waals surface area contributed by atoms with Crippen molar-refractivity contribution in [3.63, 3.8) is 0 Å². The van der Waals surface area contributed by atoms with Gasteiger partial charge in [-0.15, -0.1) is 0 Å². The summed E-state index contributed by atoms with van der Waals surface area (Å²) >= 11 is 3.41. The second-order valence-electron chi connectivity index (χ2n) is 5.99. The standard InChI is InChI=1S/C18H21BrN2O3S/c1-13(6-7-14-8-10-16(19)11-9-14)20-18(22)15-4-3-5-17(12-15)21-25(2,23)24/h3-5,8-13,21H,6-7H2,1-2H3,(H,20,22). The number of sulfonamides is 1. The molecule has 1 atom stereocenters. The topological polar surface area (TPSA) is 75.3 Å². The minimum atomic E-state index is -3.37. The molecular weight excluding hydrogens is 404 g/mol. The summed E-state index contributed by atoms with van der Waals surface area (Å²) in [7, 11) is -3.37. The van der Waals surface area contributed by atoms with Crippen molar-refractivity contribution in [3.8, 4) is 0 Å². The second-order valence-corrected chi connectivity index (χ2v) is 8.66. The first kappa shape index (κ1) is 19.5. The van der Waals surface area contributed by atoms with Crippen LogP contribution in [0.1, 0.15) is 29.3 Å². The summed E-state index contributed by atoms with van der Waals surface area (Å²) in [4.78, 5) is 12.3. The van der Waals surface area contributed by atoms with Crippen molar-refractivity contribution >= 4 is 37.5 Å². The van der Waals surface area contributed by atoms with Crippen LogP contribution in [-0.4, -0.2) is 26.6 Å². The summed E-state index contributed by atoms with van der Waals surface area (Å²) < 4.78 is 26.0. The fourth-order valence-electron chi connectivity index (χ4n) is 2.35. The van der Waals surface area contributed by atoms with Crippen LogP contribution in [0.3, 0.4) is 0 Å². The Bertz CT molecular complexity index is 836. The molecule has 1 amide bonds. The van der Waals surface area contributed by atoms with E-state index in [1.165, 1.54) is 11.6 Å². The van der Waals surface area contributed by atoms with Crippen molar-refractivity contribution in [2.75, 3.05) is 11.0 Å². The number of amides is 1. The smallest absolute Gasteiger partial charge is 0.251 e. The Morgan fingerprint density at radius 1 is 1.16 bits per heavy atom. The Morgan fingerprint density at radius 2 is 1.84 bits per heavy atom. The fourth-order valence-corrected chi connectivity index (χ4v) is 3.17. The van der Waals surface area contributed by atoms with Crippen LogP contribution in [-0.2, 0) is 16.4 Å². The van der Waals surface area contributed by atoms with E-state index in [1.54, 1.807) is 18.2 Å². The van der Waals surface area contributed by atoms with Gasteiger partial charge in [0.1, 0.15) is 0 Å². The number of benzene rings is 2. The number of aryl methyl sites for hydroxylation is 1. The molecule has 134 valence electrons. The van der Waals surface area contributed by atoms with E-state index in [2.05, 4.69) is 38.1 Å². The predicted molar refractivity (Wildman–Crippen MR) is 104 cm³/mol. The lowest BCUT2D eigenvalue weighted by atomic mass is 10.1. The molecule has 25 heavy (non-hydrogen) atoms. The van der Waals surface area contributed by atoms with E-state index in [0.29, 0.717) is 11.3 Å². The van der Waals surface area contributed by atoms with E-state index >= 15 is 0 Å². The molecule has 2 N–H and O–H groups in total. The molecule has 7 heteroatoms. The highest BCUT2D eigenvalue weighted by Crippen LogP contribution is 2.14. The van der Waals surface area contributed by atoms with Crippen LogP contribution in [0.4, 0.5) is 5.69 Å². The van der Waals surface area contributed by atoms with Gasteiger partial charge in [0.2, 0.25) is 10.0 Å². The zero-order valence-corrected chi connectivity index (χ0v) is 16.5. The van der Waals surface area contributed by atoms with Crippen LogP contribution >= 0.6 is 15.9 Å². The number of anilines is 1. The van der Waals surface area contributed by atoms with Gasteiger partial charge in [-0.05, 0) is 55.7 Å². The maximum Gasteiger partial charge on any atom is 0.251 e. The van der Waals surface area contributed by atoms with Gasteiger partial charge in [0.15, 0.2) is 0 Å².